The van der Waals surface area contributed by atoms with Gasteiger partial charge in [-0.1, -0.05) is 41.7 Å². The third-order valence-corrected chi connectivity index (χ3v) is 6.78. The summed E-state index contributed by atoms with van der Waals surface area (Å²) in [5.41, 5.74) is 1.96. The highest BCUT2D eigenvalue weighted by molar-refractivity contribution is 7.92. The molecule has 0 saturated carbocycles. The summed E-state index contributed by atoms with van der Waals surface area (Å²) in [5, 5.41) is 10.2. The van der Waals surface area contributed by atoms with Crippen molar-refractivity contribution in [2.24, 2.45) is 0 Å². The maximum absolute atomic E-state index is 12.6. The van der Waals surface area contributed by atoms with Gasteiger partial charge >= 0.3 is 0 Å². The molecular formula is C18H17N3O4S2. The zero-order chi connectivity index (χ0) is 19.4. The molecule has 0 aliphatic rings. The van der Waals surface area contributed by atoms with E-state index in [4.69, 9.17) is 4.74 Å². The molecular weight excluding hydrogens is 386 g/mol. The Kier molecular flexibility index (Phi) is 5.52. The van der Waals surface area contributed by atoms with Gasteiger partial charge in [0.1, 0.15) is 5.75 Å². The number of benzene rings is 2. The third kappa shape index (κ3) is 4.50. The lowest BCUT2D eigenvalue weighted by atomic mass is 10.1. The van der Waals surface area contributed by atoms with Gasteiger partial charge in [-0.3, -0.25) is 10.1 Å². The van der Waals surface area contributed by atoms with Crippen molar-refractivity contribution < 1.29 is 17.9 Å². The summed E-state index contributed by atoms with van der Waals surface area (Å²) in [6, 6.07) is 13.9. The number of nitrogens with zero attached hydrogens (tertiary/aromatic N) is 2. The number of nitrogens with one attached hydrogen (secondary N) is 1. The van der Waals surface area contributed by atoms with E-state index in [0.29, 0.717) is 16.9 Å². The molecule has 0 aliphatic carbocycles. The van der Waals surface area contributed by atoms with Crippen LogP contribution in [0.25, 0.3) is 0 Å². The van der Waals surface area contributed by atoms with Crippen LogP contribution >= 0.6 is 11.3 Å². The van der Waals surface area contributed by atoms with Crippen LogP contribution in [0.15, 0.2) is 52.9 Å². The Morgan fingerprint density at radius 2 is 1.93 bits per heavy atom. The van der Waals surface area contributed by atoms with Crippen molar-refractivity contribution in [3.8, 4) is 5.75 Å². The molecule has 1 heterocycles. The first-order valence-corrected chi connectivity index (χ1v) is 10.4. The van der Waals surface area contributed by atoms with Crippen molar-refractivity contribution in [3.05, 3.63) is 65.2 Å². The lowest BCUT2D eigenvalue weighted by molar-refractivity contribution is 0.102. The lowest BCUT2D eigenvalue weighted by Gasteiger charge is -2.04. The molecule has 1 N–H and O–H groups in total. The first-order chi connectivity index (χ1) is 12.9. The van der Waals surface area contributed by atoms with Crippen LogP contribution in [0.2, 0.25) is 0 Å². The zero-order valence-electron chi connectivity index (χ0n) is 14.7. The molecule has 0 radical (unpaired) electrons. The predicted octanol–water partition coefficient (Wildman–Crippen LogP) is 3.08. The molecule has 7 nitrogen and oxygen atoms in total. The van der Waals surface area contributed by atoms with E-state index in [-0.39, 0.29) is 15.2 Å². The molecule has 0 unspecified atom stereocenters. The average molecular weight is 403 g/mol. The monoisotopic (exact) mass is 403 g/mol. The molecule has 27 heavy (non-hydrogen) atoms. The highest BCUT2D eigenvalue weighted by Crippen LogP contribution is 2.25. The second-order valence-electron chi connectivity index (χ2n) is 5.74. The second-order valence-corrected chi connectivity index (χ2v) is 8.89. The van der Waals surface area contributed by atoms with E-state index in [2.05, 4.69) is 15.5 Å². The summed E-state index contributed by atoms with van der Waals surface area (Å²) in [6.07, 6.45) is 0. The molecule has 140 valence electrons. The maximum atomic E-state index is 12.6. The SMILES string of the molecule is COc1cccc(C(=O)Nc2nnc(S(=O)(=O)Cc3ccccc3C)s2)c1. The van der Waals surface area contributed by atoms with Gasteiger partial charge in [0, 0.05) is 5.56 Å². The Balaban J connectivity index is 1.76. The fourth-order valence-corrected chi connectivity index (χ4v) is 4.77. The van der Waals surface area contributed by atoms with E-state index >= 15 is 0 Å². The van der Waals surface area contributed by atoms with Crippen molar-refractivity contribution in [3.63, 3.8) is 0 Å². The van der Waals surface area contributed by atoms with Crippen LogP contribution < -0.4 is 10.1 Å². The Morgan fingerprint density at radius 3 is 2.67 bits per heavy atom. The Labute approximate surface area is 161 Å². The summed E-state index contributed by atoms with van der Waals surface area (Å²) in [5.74, 6) is -0.0488. The van der Waals surface area contributed by atoms with Crippen LogP contribution in [0, 0.1) is 6.92 Å². The van der Waals surface area contributed by atoms with Crippen molar-refractivity contribution in [2.45, 2.75) is 17.0 Å². The molecule has 0 fully saturated rings. The van der Waals surface area contributed by atoms with Crippen LogP contribution in [0.5, 0.6) is 5.75 Å². The number of carbonyl (C=O) groups excluding carboxylic acids is 1. The summed E-state index contributed by atoms with van der Waals surface area (Å²) < 4.78 is 30.1. The summed E-state index contributed by atoms with van der Waals surface area (Å²) >= 11 is 0.824. The van der Waals surface area contributed by atoms with E-state index in [1.165, 1.54) is 7.11 Å². The molecule has 0 saturated heterocycles. The van der Waals surface area contributed by atoms with Crippen molar-refractivity contribution in [1.29, 1.82) is 0 Å². The maximum Gasteiger partial charge on any atom is 0.257 e. The molecule has 0 aliphatic heterocycles. The van der Waals surface area contributed by atoms with Crippen LogP contribution in [0.4, 0.5) is 5.13 Å². The number of ether oxygens (including phenoxy) is 1. The lowest BCUT2D eigenvalue weighted by Crippen LogP contribution is -2.11. The first kappa shape index (κ1) is 19.0. The van der Waals surface area contributed by atoms with Crippen LogP contribution in [-0.2, 0) is 15.6 Å². The number of aromatic nitrogens is 2. The van der Waals surface area contributed by atoms with Crippen molar-refractivity contribution >= 4 is 32.2 Å². The van der Waals surface area contributed by atoms with E-state index in [0.717, 1.165) is 16.9 Å². The van der Waals surface area contributed by atoms with Gasteiger partial charge in [-0.2, -0.15) is 0 Å². The van der Waals surface area contributed by atoms with E-state index in [1.807, 2.05) is 19.1 Å². The fraction of sp³-hybridized carbons (Fsp3) is 0.167. The number of anilines is 1. The number of carbonyl (C=O) groups is 1. The van der Waals surface area contributed by atoms with Crippen LogP contribution in [0.3, 0.4) is 0 Å². The number of hydrogen-bond acceptors (Lipinski definition) is 7. The van der Waals surface area contributed by atoms with Gasteiger partial charge in [-0.05, 0) is 36.2 Å². The quantitative estimate of drug-likeness (QED) is 0.635. The molecule has 0 spiro atoms. The molecule has 1 aromatic heterocycles. The Morgan fingerprint density at radius 1 is 1.15 bits per heavy atom. The number of methoxy groups -OCH3 is 1. The van der Waals surface area contributed by atoms with Gasteiger partial charge in [-0.15, -0.1) is 10.2 Å². The summed E-state index contributed by atoms with van der Waals surface area (Å²) in [6.45, 7) is 1.85. The molecule has 1 amide bonds. The normalized spacial score (nSPS) is 11.2. The largest absolute Gasteiger partial charge is 0.497 e. The van der Waals surface area contributed by atoms with Crippen molar-refractivity contribution in [2.75, 3.05) is 12.4 Å². The number of rotatable bonds is 6. The van der Waals surface area contributed by atoms with Gasteiger partial charge in [0.2, 0.25) is 19.3 Å². The number of aryl methyl sites for hydroxylation is 1. The molecule has 3 rings (SSSR count). The highest BCUT2D eigenvalue weighted by atomic mass is 32.2. The minimum Gasteiger partial charge on any atom is -0.497 e. The molecule has 2 aromatic carbocycles. The smallest absolute Gasteiger partial charge is 0.257 e. The average Bonchev–Trinajstić information content (AvgIpc) is 3.13. The molecule has 0 bridgehead atoms. The third-order valence-electron chi connectivity index (χ3n) is 3.83. The minimum absolute atomic E-state index is 0.117. The van der Waals surface area contributed by atoms with Crippen molar-refractivity contribution in [1.82, 2.24) is 10.2 Å². The standard InChI is InChI=1S/C18H17N3O4S2/c1-12-6-3-4-7-14(12)11-27(23,24)18-21-20-17(26-18)19-16(22)13-8-5-9-15(10-13)25-2/h3-10H,11H2,1-2H3,(H,19,20,22). The van der Waals surface area contributed by atoms with Gasteiger partial charge in [0.15, 0.2) is 0 Å². The highest BCUT2D eigenvalue weighted by Gasteiger charge is 2.22. The van der Waals surface area contributed by atoms with Crippen LogP contribution in [-0.4, -0.2) is 31.6 Å². The minimum atomic E-state index is -3.65. The van der Waals surface area contributed by atoms with Gasteiger partial charge in [-0.25, -0.2) is 8.42 Å². The van der Waals surface area contributed by atoms with E-state index < -0.39 is 15.7 Å². The van der Waals surface area contributed by atoms with Crippen LogP contribution in [0.1, 0.15) is 21.5 Å². The molecule has 9 heteroatoms. The van der Waals surface area contributed by atoms with Gasteiger partial charge in [0.05, 0.1) is 12.9 Å². The summed E-state index contributed by atoms with van der Waals surface area (Å²) in [4.78, 5) is 12.3. The van der Waals surface area contributed by atoms with Gasteiger partial charge in [0.25, 0.3) is 5.91 Å². The predicted molar refractivity (Wildman–Crippen MR) is 103 cm³/mol. The van der Waals surface area contributed by atoms with E-state index in [1.54, 1.807) is 36.4 Å². The zero-order valence-corrected chi connectivity index (χ0v) is 16.3. The number of hydrogen-bond donors (Lipinski definition) is 1. The fourth-order valence-electron chi connectivity index (χ4n) is 2.36. The number of amides is 1. The van der Waals surface area contributed by atoms with E-state index in [9.17, 15) is 13.2 Å². The summed E-state index contributed by atoms with van der Waals surface area (Å²) in [7, 11) is -2.15. The number of sulfone groups is 1. The first-order valence-electron chi connectivity index (χ1n) is 7.95. The molecule has 0 atom stereocenters. The van der Waals surface area contributed by atoms with Gasteiger partial charge < -0.3 is 4.74 Å². The second kappa shape index (κ2) is 7.85. The Hall–Kier alpha value is -2.78. The molecule has 3 aromatic rings. The Bertz CT molecular complexity index is 1080. The topological polar surface area (TPSA) is 98.2 Å².